The van der Waals surface area contributed by atoms with E-state index in [1.54, 1.807) is 14.0 Å². The number of carbonyl (C=O) groups is 1. The predicted molar refractivity (Wildman–Crippen MR) is 61.6 cm³/mol. The van der Waals surface area contributed by atoms with E-state index < -0.39 is 5.97 Å². The molecule has 1 unspecified atom stereocenters. The van der Waals surface area contributed by atoms with E-state index in [4.69, 9.17) is 15.2 Å². The average Bonchev–Trinajstić information content (AvgIpc) is 2.86. The zero-order chi connectivity index (χ0) is 12.4. The lowest BCUT2D eigenvalue weighted by Gasteiger charge is -2.10. The maximum absolute atomic E-state index is 11.8. The first-order valence-electron chi connectivity index (χ1n) is 5.67. The van der Waals surface area contributed by atoms with Crippen molar-refractivity contribution in [2.24, 2.45) is 7.05 Å². The number of nitrogens with two attached hydrogens (primary N) is 1. The molecule has 1 atom stereocenters. The molecule has 1 fully saturated rings. The van der Waals surface area contributed by atoms with Gasteiger partial charge in [0.05, 0.1) is 17.5 Å². The van der Waals surface area contributed by atoms with Gasteiger partial charge in [-0.25, -0.2) is 4.79 Å². The Morgan fingerprint density at radius 1 is 1.71 bits per heavy atom. The summed E-state index contributed by atoms with van der Waals surface area (Å²) in [7, 11) is 1.67. The lowest BCUT2D eigenvalue weighted by Crippen LogP contribution is -2.20. The number of carbonyl (C=O) groups excluding carboxylic acids is 1. The zero-order valence-corrected chi connectivity index (χ0v) is 10.1. The molecule has 0 saturated carbocycles. The number of hydrogen-bond donors (Lipinski definition) is 1. The Bertz CT molecular complexity index is 422. The molecule has 6 nitrogen and oxygen atoms in total. The molecule has 2 rings (SSSR count). The van der Waals surface area contributed by atoms with Crippen LogP contribution in [0.25, 0.3) is 0 Å². The summed E-state index contributed by atoms with van der Waals surface area (Å²) in [6.45, 7) is 2.78. The van der Waals surface area contributed by atoms with E-state index >= 15 is 0 Å². The van der Waals surface area contributed by atoms with Crippen molar-refractivity contribution in [1.29, 1.82) is 0 Å². The van der Waals surface area contributed by atoms with Crippen LogP contribution in [0.5, 0.6) is 0 Å². The number of esters is 1. The summed E-state index contributed by atoms with van der Waals surface area (Å²) in [5.41, 5.74) is 7.09. The topological polar surface area (TPSA) is 79.4 Å². The summed E-state index contributed by atoms with van der Waals surface area (Å²) in [5.74, 6) is -0.443. The van der Waals surface area contributed by atoms with Crippen LogP contribution in [0.3, 0.4) is 0 Å². The first kappa shape index (κ1) is 11.9. The minimum absolute atomic E-state index is 0.0227. The summed E-state index contributed by atoms with van der Waals surface area (Å²) in [6.07, 6.45) is 1.98. The van der Waals surface area contributed by atoms with Crippen molar-refractivity contribution < 1.29 is 14.3 Å². The maximum atomic E-state index is 11.8. The summed E-state index contributed by atoms with van der Waals surface area (Å²) in [6, 6.07) is 0. The highest BCUT2D eigenvalue weighted by Gasteiger charge is 2.22. The van der Waals surface area contributed by atoms with E-state index in [-0.39, 0.29) is 12.7 Å². The maximum Gasteiger partial charge on any atom is 0.358 e. The van der Waals surface area contributed by atoms with E-state index in [0.29, 0.717) is 17.1 Å². The van der Waals surface area contributed by atoms with Crippen LogP contribution in [0.2, 0.25) is 0 Å². The summed E-state index contributed by atoms with van der Waals surface area (Å²) < 4.78 is 12.0. The lowest BCUT2D eigenvalue weighted by molar-refractivity contribution is 0.0153. The van der Waals surface area contributed by atoms with E-state index in [1.807, 2.05) is 0 Å². The van der Waals surface area contributed by atoms with Gasteiger partial charge in [0.1, 0.15) is 6.61 Å². The molecule has 0 spiro atoms. The Balaban J connectivity index is 1.99. The highest BCUT2D eigenvalue weighted by atomic mass is 16.6. The van der Waals surface area contributed by atoms with Gasteiger partial charge in [0, 0.05) is 13.7 Å². The zero-order valence-electron chi connectivity index (χ0n) is 10.1. The normalized spacial score (nSPS) is 19.5. The third kappa shape index (κ3) is 2.41. The molecule has 0 amide bonds. The standard InChI is InChI=1S/C11H17N3O3/c1-7-9(12)10(14(2)13-7)11(15)17-6-8-4-3-5-16-8/h8H,3-6,12H2,1-2H3. The molecule has 0 bridgehead atoms. The Morgan fingerprint density at radius 3 is 3.00 bits per heavy atom. The van der Waals surface area contributed by atoms with Crippen LogP contribution < -0.4 is 5.73 Å². The van der Waals surface area contributed by atoms with Crippen LogP contribution in [0.1, 0.15) is 29.0 Å². The Kier molecular flexibility index (Phi) is 3.33. The lowest BCUT2D eigenvalue weighted by atomic mass is 10.2. The molecule has 0 aromatic carbocycles. The minimum Gasteiger partial charge on any atom is -0.458 e. The Labute approximate surface area is 99.7 Å². The molecule has 1 saturated heterocycles. The van der Waals surface area contributed by atoms with E-state index in [1.165, 1.54) is 4.68 Å². The quantitative estimate of drug-likeness (QED) is 0.783. The molecule has 17 heavy (non-hydrogen) atoms. The molecule has 2 N–H and O–H groups in total. The Hall–Kier alpha value is -1.56. The fourth-order valence-electron chi connectivity index (χ4n) is 1.93. The molecule has 2 heterocycles. The van der Waals surface area contributed by atoms with Crippen molar-refractivity contribution in [1.82, 2.24) is 9.78 Å². The van der Waals surface area contributed by atoms with Crippen LogP contribution in [0, 0.1) is 6.92 Å². The molecule has 0 radical (unpaired) electrons. The van der Waals surface area contributed by atoms with Gasteiger partial charge >= 0.3 is 5.97 Å². The van der Waals surface area contributed by atoms with Gasteiger partial charge in [0.15, 0.2) is 5.69 Å². The number of hydrogen-bond acceptors (Lipinski definition) is 5. The van der Waals surface area contributed by atoms with Crippen LogP contribution in [-0.2, 0) is 16.5 Å². The molecule has 94 valence electrons. The van der Waals surface area contributed by atoms with Gasteiger partial charge in [-0.05, 0) is 19.8 Å². The monoisotopic (exact) mass is 239 g/mol. The van der Waals surface area contributed by atoms with Crippen molar-refractivity contribution in [2.45, 2.75) is 25.9 Å². The molecule has 1 aromatic rings. The van der Waals surface area contributed by atoms with Gasteiger partial charge in [0.2, 0.25) is 0 Å². The summed E-state index contributed by atoms with van der Waals surface area (Å²) >= 11 is 0. The fourth-order valence-corrected chi connectivity index (χ4v) is 1.93. The van der Waals surface area contributed by atoms with Gasteiger partial charge < -0.3 is 15.2 Å². The van der Waals surface area contributed by atoms with Gasteiger partial charge in [-0.2, -0.15) is 5.10 Å². The van der Waals surface area contributed by atoms with Crippen LogP contribution in [0.4, 0.5) is 5.69 Å². The Morgan fingerprint density at radius 2 is 2.47 bits per heavy atom. The van der Waals surface area contributed by atoms with Gasteiger partial charge in [-0.1, -0.05) is 0 Å². The number of anilines is 1. The molecule has 0 aliphatic carbocycles. The first-order chi connectivity index (χ1) is 8.09. The van der Waals surface area contributed by atoms with Crippen molar-refractivity contribution in [2.75, 3.05) is 18.9 Å². The SMILES string of the molecule is Cc1nn(C)c(C(=O)OCC2CCCO2)c1N. The molecular weight excluding hydrogens is 222 g/mol. The highest BCUT2D eigenvalue weighted by molar-refractivity contribution is 5.93. The largest absolute Gasteiger partial charge is 0.458 e. The van der Waals surface area contributed by atoms with Gasteiger partial charge in [-0.15, -0.1) is 0 Å². The van der Waals surface area contributed by atoms with Crippen molar-refractivity contribution in [3.8, 4) is 0 Å². The molecule has 1 aliphatic rings. The molecule has 1 aromatic heterocycles. The second-order valence-electron chi connectivity index (χ2n) is 4.20. The van der Waals surface area contributed by atoms with Crippen LogP contribution >= 0.6 is 0 Å². The summed E-state index contributed by atoms with van der Waals surface area (Å²) in [4.78, 5) is 11.8. The molecule has 1 aliphatic heterocycles. The second-order valence-corrected chi connectivity index (χ2v) is 4.20. The summed E-state index contributed by atoms with van der Waals surface area (Å²) in [5, 5.41) is 4.07. The number of ether oxygens (including phenoxy) is 2. The van der Waals surface area contributed by atoms with Crippen molar-refractivity contribution in [3.05, 3.63) is 11.4 Å². The number of nitrogen functional groups attached to an aromatic ring is 1. The number of aromatic nitrogens is 2. The fraction of sp³-hybridized carbons (Fsp3) is 0.636. The predicted octanol–water partition coefficient (Wildman–Crippen LogP) is 0.647. The van der Waals surface area contributed by atoms with Crippen molar-refractivity contribution >= 4 is 11.7 Å². The smallest absolute Gasteiger partial charge is 0.358 e. The van der Waals surface area contributed by atoms with Crippen LogP contribution in [-0.4, -0.2) is 35.1 Å². The third-order valence-corrected chi connectivity index (χ3v) is 2.89. The van der Waals surface area contributed by atoms with Gasteiger partial charge in [-0.3, -0.25) is 4.68 Å². The second kappa shape index (κ2) is 4.75. The number of rotatable bonds is 3. The minimum atomic E-state index is -0.443. The highest BCUT2D eigenvalue weighted by Crippen LogP contribution is 2.17. The molecular formula is C11H17N3O3. The first-order valence-corrected chi connectivity index (χ1v) is 5.67. The van der Waals surface area contributed by atoms with E-state index in [9.17, 15) is 4.79 Å². The average molecular weight is 239 g/mol. The van der Waals surface area contributed by atoms with Crippen LogP contribution in [0.15, 0.2) is 0 Å². The molecule has 6 heteroatoms. The van der Waals surface area contributed by atoms with E-state index in [2.05, 4.69) is 5.10 Å². The number of aryl methyl sites for hydroxylation is 2. The van der Waals surface area contributed by atoms with Gasteiger partial charge in [0.25, 0.3) is 0 Å². The third-order valence-electron chi connectivity index (χ3n) is 2.89. The number of nitrogens with zero attached hydrogens (tertiary/aromatic N) is 2. The van der Waals surface area contributed by atoms with E-state index in [0.717, 1.165) is 19.4 Å². The van der Waals surface area contributed by atoms with Crippen molar-refractivity contribution in [3.63, 3.8) is 0 Å².